The zero-order valence-electron chi connectivity index (χ0n) is 10.0. The predicted molar refractivity (Wildman–Crippen MR) is 77.6 cm³/mol. The Bertz CT molecular complexity index is 748. The van der Waals surface area contributed by atoms with E-state index in [1.54, 1.807) is 11.3 Å². The minimum Gasteiger partial charge on any atom is -0.343 e. The van der Waals surface area contributed by atoms with Crippen molar-refractivity contribution in [3.05, 3.63) is 33.4 Å². The first-order valence-corrected chi connectivity index (χ1v) is 7.44. The fraction of sp³-hybridized carbons (Fsp3) is 0.231. The molecule has 0 bridgehead atoms. The summed E-state index contributed by atoms with van der Waals surface area (Å²) < 4.78 is 0. The summed E-state index contributed by atoms with van der Waals surface area (Å²) in [6.45, 7) is 1.87. The quantitative estimate of drug-likeness (QED) is 0.678. The number of thiazole rings is 1. The van der Waals surface area contributed by atoms with Crippen LogP contribution in [0, 0.1) is 0 Å². The van der Waals surface area contributed by atoms with Gasteiger partial charge in [-0.05, 0) is 11.6 Å². The zero-order chi connectivity index (χ0) is 12.8. The number of halogens is 1. The molecule has 2 N–H and O–H groups in total. The molecule has 0 amide bonds. The number of aromatic nitrogens is 3. The largest absolute Gasteiger partial charge is 0.343 e. The molecule has 0 unspecified atom stereocenters. The Kier molecular flexibility index (Phi) is 2.58. The van der Waals surface area contributed by atoms with Gasteiger partial charge >= 0.3 is 0 Å². The normalized spacial score (nSPS) is 14.8. The Hall–Kier alpha value is -1.43. The third-order valence-electron chi connectivity index (χ3n) is 3.49. The molecule has 4 rings (SSSR count). The van der Waals surface area contributed by atoms with Crippen molar-refractivity contribution in [3.8, 4) is 11.3 Å². The summed E-state index contributed by atoms with van der Waals surface area (Å²) in [5.41, 5.74) is 7.30. The summed E-state index contributed by atoms with van der Waals surface area (Å²) in [6, 6.07) is 1.90. The van der Waals surface area contributed by atoms with E-state index in [0.717, 1.165) is 41.8 Å². The van der Waals surface area contributed by atoms with E-state index >= 15 is 0 Å². The molecule has 4 nitrogen and oxygen atoms in total. The van der Waals surface area contributed by atoms with Crippen molar-refractivity contribution in [2.45, 2.75) is 13.0 Å². The molecule has 19 heavy (non-hydrogen) atoms. The van der Waals surface area contributed by atoms with Gasteiger partial charge < -0.3 is 10.3 Å². The maximum atomic E-state index is 6.13. The lowest BCUT2D eigenvalue weighted by Crippen LogP contribution is -2.22. The first-order valence-electron chi connectivity index (χ1n) is 6.12. The van der Waals surface area contributed by atoms with Gasteiger partial charge in [-0.2, -0.15) is 0 Å². The highest BCUT2D eigenvalue weighted by Gasteiger charge is 2.20. The molecule has 3 aromatic rings. The minimum atomic E-state index is 0.502. The molecule has 0 spiro atoms. The van der Waals surface area contributed by atoms with Gasteiger partial charge in [0.05, 0.1) is 11.2 Å². The van der Waals surface area contributed by atoms with Crippen molar-refractivity contribution >= 4 is 34.0 Å². The van der Waals surface area contributed by atoms with E-state index in [-0.39, 0.29) is 0 Å². The van der Waals surface area contributed by atoms with Crippen molar-refractivity contribution in [2.75, 3.05) is 6.54 Å². The number of fused-ring (bicyclic) bond motifs is 3. The second-order valence-electron chi connectivity index (χ2n) is 4.60. The third-order valence-corrected chi connectivity index (χ3v) is 4.27. The monoisotopic (exact) mass is 290 g/mol. The van der Waals surface area contributed by atoms with E-state index in [9.17, 15) is 0 Å². The second kappa shape index (κ2) is 4.30. The average molecular weight is 291 g/mol. The second-order valence-corrected chi connectivity index (χ2v) is 5.70. The maximum Gasteiger partial charge on any atom is 0.140 e. The molecular formula is C13H11ClN4S. The van der Waals surface area contributed by atoms with Crippen LogP contribution in [-0.4, -0.2) is 21.5 Å². The van der Waals surface area contributed by atoms with Crippen LogP contribution in [0.5, 0.6) is 0 Å². The molecule has 0 atom stereocenters. The first-order chi connectivity index (χ1) is 9.33. The molecule has 0 fully saturated rings. The molecule has 0 aromatic carbocycles. The summed E-state index contributed by atoms with van der Waals surface area (Å²) in [5, 5.41) is 7.10. The molecule has 0 saturated carbocycles. The van der Waals surface area contributed by atoms with Gasteiger partial charge in [0.25, 0.3) is 0 Å². The Morgan fingerprint density at radius 2 is 2.32 bits per heavy atom. The summed E-state index contributed by atoms with van der Waals surface area (Å²) >= 11 is 7.72. The highest BCUT2D eigenvalue weighted by atomic mass is 35.5. The van der Waals surface area contributed by atoms with Gasteiger partial charge in [-0.25, -0.2) is 9.97 Å². The summed E-state index contributed by atoms with van der Waals surface area (Å²) in [6.07, 6.45) is 1.000. The van der Waals surface area contributed by atoms with Crippen LogP contribution in [0.3, 0.4) is 0 Å². The van der Waals surface area contributed by atoms with E-state index < -0.39 is 0 Å². The fourth-order valence-electron chi connectivity index (χ4n) is 2.66. The van der Waals surface area contributed by atoms with Crippen LogP contribution < -0.4 is 5.32 Å². The summed E-state index contributed by atoms with van der Waals surface area (Å²) in [4.78, 5) is 12.2. The molecule has 3 aromatic heterocycles. The minimum absolute atomic E-state index is 0.502. The topological polar surface area (TPSA) is 53.6 Å². The number of pyridine rings is 1. The van der Waals surface area contributed by atoms with Gasteiger partial charge in [0.1, 0.15) is 10.8 Å². The lowest BCUT2D eigenvalue weighted by molar-refractivity contribution is 0.641. The third kappa shape index (κ3) is 1.77. The van der Waals surface area contributed by atoms with Crippen molar-refractivity contribution in [1.82, 2.24) is 20.3 Å². The Balaban J connectivity index is 2.08. The molecule has 1 aliphatic heterocycles. The molecule has 4 heterocycles. The zero-order valence-corrected chi connectivity index (χ0v) is 11.6. The standard InChI is InChI=1S/C13H11ClN4S/c14-11-3-7(10-5-19-6-16-10)12-8-4-15-2-1-9(8)17-13(12)18-11/h3,5-6,15H,1-2,4H2,(H,17,18). The van der Waals surface area contributed by atoms with Gasteiger partial charge in [0.2, 0.25) is 0 Å². The van der Waals surface area contributed by atoms with Crippen molar-refractivity contribution in [2.24, 2.45) is 0 Å². The maximum absolute atomic E-state index is 6.13. The molecular weight excluding hydrogens is 280 g/mol. The van der Waals surface area contributed by atoms with Crippen LogP contribution in [0.4, 0.5) is 0 Å². The number of hydrogen-bond acceptors (Lipinski definition) is 4. The average Bonchev–Trinajstić information content (AvgIpc) is 3.04. The van der Waals surface area contributed by atoms with E-state index in [1.807, 2.05) is 17.0 Å². The van der Waals surface area contributed by atoms with Crippen LogP contribution in [0.25, 0.3) is 22.3 Å². The van der Waals surface area contributed by atoms with Crippen LogP contribution in [-0.2, 0) is 13.0 Å². The number of H-pyrrole nitrogens is 1. The number of hydrogen-bond donors (Lipinski definition) is 2. The highest BCUT2D eigenvalue weighted by molar-refractivity contribution is 7.07. The van der Waals surface area contributed by atoms with Gasteiger partial charge in [-0.3, -0.25) is 0 Å². The smallest absolute Gasteiger partial charge is 0.140 e. The molecule has 96 valence electrons. The number of nitrogens with zero attached hydrogens (tertiary/aromatic N) is 2. The lowest BCUT2D eigenvalue weighted by atomic mass is 10.0. The lowest BCUT2D eigenvalue weighted by Gasteiger charge is -2.13. The highest BCUT2D eigenvalue weighted by Crippen LogP contribution is 2.34. The predicted octanol–water partition coefficient (Wildman–Crippen LogP) is 2.99. The molecule has 6 heteroatoms. The Labute approximate surface area is 118 Å². The van der Waals surface area contributed by atoms with E-state index in [0.29, 0.717) is 5.15 Å². The van der Waals surface area contributed by atoms with E-state index in [2.05, 4.69) is 20.3 Å². The van der Waals surface area contributed by atoms with Gasteiger partial charge in [0.15, 0.2) is 0 Å². The molecule has 0 aliphatic carbocycles. The molecule has 0 radical (unpaired) electrons. The summed E-state index contributed by atoms with van der Waals surface area (Å²) in [7, 11) is 0. The van der Waals surface area contributed by atoms with Gasteiger partial charge in [-0.15, -0.1) is 11.3 Å². The van der Waals surface area contributed by atoms with Crippen LogP contribution in [0.1, 0.15) is 11.3 Å². The summed E-state index contributed by atoms with van der Waals surface area (Å²) in [5.74, 6) is 0. The number of rotatable bonds is 1. The molecule has 0 saturated heterocycles. The van der Waals surface area contributed by atoms with Crippen LogP contribution >= 0.6 is 22.9 Å². The molecule has 1 aliphatic rings. The SMILES string of the molecule is Clc1cc(-c2cscn2)c2c3c([nH]c2n1)CCNC3. The number of aromatic amines is 1. The van der Waals surface area contributed by atoms with E-state index in [1.165, 1.54) is 11.3 Å². The van der Waals surface area contributed by atoms with Crippen LogP contribution in [0.2, 0.25) is 5.15 Å². The fourth-order valence-corrected chi connectivity index (χ4v) is 3.41. The van der Waals surface area contributed by atoms with Gasteiger partial charge in [-0.1, -0.05) is 11.6 Å². The van der Waals surface area contributed by atoms with Gasteiger partial charge in [0, 0.05) is 41.5 Å². The van der Waals surface area contributed by atoms with E-state index in [4.69, 9.17) is 11.6 Å². The van der Waals surface area contributed by atoms with Crippen molar-refractivity contribution in [1.29, 1.82) is 0 Å². The Morgan fingerprint density at radius 3 is 3.16 bits per heavy atom. The van der Waals surface area contributed by atoms with Crippen LogP contribution in [0.15, 0.2) is 17.0 Å². The van der Waals surface area contributed by atoms with Crippen molar-refractivity contribution in [3.63, 3.8) is 0 Å². The Morgan fingerprint density at radius 1 is 1.37 bits per heavy atom. The first kappa shape index (κ1) is 11.4. The van der Waals surface area contributed by atoms with Crippen molar-refractivity contribution < 1.29 is 0 Å². The number of nitrogens with one attached hydrogen (secondary N) is 2.